The summed E-state index contributed by atoms with van der Waals surface area (Å²) in [5, 5.41) is 1.02. The maximum Gasteiger partial charge on any atom is 0.291 e. The van der Waals surface area contributed by atoms with Crippen molar-refractivity contribution in [3.05, 3.63) is 122 Å². The van der Waals surface area contributed by atoms with E-state index < -0.39 is 6.04 Å². The number of rotatable bonds is 6. The summed E-state index contributed by atoms with van der Waals surface area (Å²) in [5.74, 6) is 0.350. The molecule has 0 aliphatic carbocycles. The number of fused-ring (bicyclic) bond motifs is 2. The van der Waals surface area contributed by atoms with Crippen molar-refractivity contribution in [2.75, 3.05) is 6.61 Å². The zero-order valence-corrected chi connectivity index (χ0v) is 20.3. The van der Waals surface area contributed by atoms with Crippen LogP contribution in [0, 0.1) is 13.8 Å². The van der Waals surface area contributed by atoms with Gasteiger partial charge < -0.3 is 14.1 Å². The van der Waals surface area contributed by atoms with Crippen LogP contribution in [-0.2, 0) is 6.54 Å². The number of carbonyl (C=O) groups excluding carboxylic acids is 1. The quantitative estimate of drug-likeness (QED) is 0.297. The average molecular weight is 486 g/mol. The number of hydrogen-bond donors (Lipinski definition) is 0. The lowest BCUT2D eigenvalue weighted by atomic mass is 9.97. The molecule has 176 valence electrons. The van der Waals surface area contributed by atoms with Gasteiger partial charge in [0.1, 0.15) is 17.9 Å². The summed E-state index contributed by atoms with van der Waals surface area (Å²) < 4.78 is 11.9. The molecule has 4 aromatic rings. The third-order valence-electron chi connectivity index (χ3n) is 6.24. The minimum absolute atomic E-state index is 0.0731. The van der Waals surface area contributed by atoms with Gasteiger partial charge in [0.15, 0.2) is 5.43 Å². The summed E-state index contributed by atoms with van der Waals surface area (Å²) >= 11 is 6.44. The summed E-state index contributed by atoms with van der Waals surface area (Å²) in [6.07, 6.45) is 1.66. The van der Waals surface area contributed by atoms with Crippen molar-refractivity contribution in [2.45, 2.75) is 26.4 Å². The fraction of sp³-hybridized carbons (Fsp3) is 0.172. The Morgan fingerprint density at radius 3 is 2.66 bits per heavy atom. The number of benzene rings is 3. The Hall–Kier alpha value is -3.83. The van der Waals surface area contributed by atoms with Gasteiger partial charge in [-0.1, -0.05) is 60.7 Å². The van der Waals surface area contributed by atoms with Gasteiger partial charge in [-0.05, 0) is 60.4 Å². The molecule has 1 unspecified atom stereocenters. The highest BCUT2D eigenvalue weighted by Crippen LogP contribution is 2.41. The zero-order valence-electron chi connectivity index (χ0n) is 19.5. The summed E-state index contributed by atoms with van der Waals surface area (Å²) in [4.78, 5) is 29.2. The standard InChI is InChI=1S/C29H24ClNO4/c1-4-12-34-21-10-7-9-19(15-21)25-24-26(32)22-14-17(2)13-18(3)27(22)35-28(24)29(33)31(25)16-20-8-5-6-11-23(20)30/h4-11,13-15,25H,1,12,16H2,2-3H3. The minimum atomic E-state index is -0.650. The van der Waals surface area contributed by atoms with E-state index in [2.05, 4.69) is 6.58 Å². The highest BCUT2D eigenvalue weighted by Gasteiger charge is 2.43. The summed E-state index contributed by atoms with van der Waals surface area (Å²) in [6.45, 7) is 8.07. The van der Waals surface area contributed by atoms with E-state index in [1.54, 1.807) is 17.0 Å². The van der Waals surface area contributed by atoms with Gasteiger partial charge in [0.2, 0.25) is 5.76 Å². The molecule has 5 nitrogen and oxygen atoms in total. The molecule has 0 radical (unpaired) electrons. The number of carbonyl (C=O) groups is 1. The molecule has 0 fully saturated rings. The molecule has 0 spiro atoms. The molecule has 2 heterocycles. The highest BCUT2D eigenvalue weighted by molar-refractivity contribution is 6.31. The van der Waals surface area contributed by atoms with Crippen LogP contribution < -0.4 is 10.2 Å². The van der Waals surface area contributed by atoms with Gasteiger partial charge in [-0.2, -0.15) is 0 Å². The first-order valence-corrected chi connectivity index (χ1v) is 11.7. The topological polar surface area (TPSA) is 59.8 Å². The predicted molar refractivity (Wildman–Crippen MR) is 137 cm³/mol. The first-order chi connectivity index (χ1) is 16.9. The van der Waals surface area contributed by atoms with E-state index in [9.17, 15) is 9.59 Å². The van der Waals surface area contributed by atoms with Crippen LogP contribution in [0.4, 0.5) is 0 Å². The number of amides is 1. The van der Waals surface area contributed by atoms with Gasteiger partial charge in [0.25, 0.3) is 5.91 Å². The van der Waals surface area contributed by atoms with Gasteiger partial charge in [-0.25, -0.2) is 0 Å². The van der Waals surface area contributed by atoms with Gasteiger partial charge >= 0.3 is 0 Å². The molecule has 0 saturated carbocycles. The molecule has 6 heteroatoms. The Morgan fingerprint density at radius 2 is 1.89 bits per heavy atom. The monoisotopic (exact) mass is 485 g/mol. The second-order valence-electron chi connectivity index (χ2n) is 8.73. The normalized spacial score (nSPS) is 14.9. The lowest BCUT2D eigenvalue weighted by Gasteiger charge is -2.26. The Kier molecular flexibility index (Phi) is 5.95. The SMILES string of the molecule is C=CCOc1cccc(C2c3c(oc4c(C)cc(C)cc4c3=O)C(=O)N2Cc2ccccc2Cl)c1. The smallest absolute Gasteiger partial charge is 0.291 e. The minimum Gasteiger partial charge on any atom is -0.490 e. The predicted octanol–water partition coefficient (Wildman–Crippen LogP) is 6.37. The molecule has 0 saturated heterocycles. The van der Waals surface area contributed by atoms with Crippen molar-refractivity contribution in [1.29, 1.82) is 0 Å². The first-order valence-electron chi connectivity index (χ1n) is 11.3. The van der Waals surface area contributed by atoms with E-state index in [4.69, 9.17) is 20.8 Å². The van der Waals surface area contributed by atoms with Crippen LogP contribution >= 0.6 is 11.6 Å². The lowest BCUT2D eigenvalue weighted by molar-refractivity contribution is 0.0714. The third-order valence-corrected chi connectivity index (χ3v) is 6.61. The van der Waals surface area contributed by atoms with E-state index in [1.807, 2.05) is 68.4 Å². The Bertz CT molecular complexity index is 1540. The number of ether oxygens (including phenoxy) is 1. The van der Waals surface area contributed by atoms with Crippen molar-refractivity contribution in [3.8, 4) is 5.75 Å². The van der Waals surface area contributed by atoms with E-state index in [0.717, 1.165) is 22.3 Å². The maximum absolute atomic E-state index is 13.9. The molecule has 1 aliphatic rings. The Labute approximate surface area is 208 Å². The third kappa shape index (κ3) is 4.02. The molecule has 5 rings (SSSR count). The molecule has 1 atom stereocenters. The van der Waals surface area contributed by atoms with Crippen LogP contribution in [0.5, 0.6) is 5.75 Å². The Balaban J connectivity index is 1.73. The van der Waals surface area contributed by atoms with Crippen LogP contribution in [0.3, 0.4) is 0 Å². The average Bonchev–Trinajstić information content (AvgIpc) is 3.12. The van der Waals surface area contributed by atoms with Crippen molar-refractivity contribution in [3.63, 3.8) is 0 Å². The second-order valence-corrected chi connectivity index (χ2v) is 9.14. The van der Waals surface area contributed by atoms with Crippen LogP contribution in [0.15, 0.2) is 82.5 Å². The lowest BCUT2D eigenvalue weighted by Crippen LogP contribution is -2.29. The number of aryl methyl sites for hydroxylation is 2. The van der Waals surface area contributed by atoms with Gasteiger partial charge in [-0.3, -0.25) is 9.59 Å². The maximum atomic E-state index is 13.9. The summed E-state index contributed by atoms with van der Waals surface area (Å²) in [5.41, 5.74) is 3.87. The largest absolute Gasteiger partial charge is 0.490 e. The summed E-state index contributed by atoms with van der Waals surface area (Å²) in [6, 6.07) is 17.9. The van der Waals surface area contributed by atoms with Crippen LogP contribution in [-0.4, -0.2) is 17.4 Å². The van der Waals surface area contributed by atoms with Crippen molar-refractivity contribution < 1.29 is 13.9 Å². The fourth-order valence-corrected chi connectivity index (χ4v) is 4.92. The molecule has 0 N–H and O–H groups in total. The number of halogens is 1. The molecular weight excluding hydrogens is 462 g/mol. The van der Waals surface area contributed by atoms with Gasteiger partial charge in [0.05, 0.1) is 17.0 Å². The number of hydrogen-bond acceptors (Lipinski definition) is 4. The van der Waals surface area contributed by atoms with Crippen LogP contribution in [0.25, 0.3) is 11.0 Å². The fourth-order valence-electron chi connectivity index (χ4n) is 4.72. The van der Waals surface area contributed by atoms with Crippen molar-refractivity contribution in [2.24, 2.45) is 0 Å². The van der Waals surface area contributed by atoms with Gasteiger partial charge in [-0.15, -0.1) is 0 Å². The van der Waals surface area contributed by atoms with E-state index in [0.29, 0.717) is 33.9 Å². The first kappa shape index (κ1) is 22.9. The highest BCUT2D eigenvalue weighted by atomic mass is 35.5. The summed E-state index contributed by atoms with van der Waals surface area (Å²) in [7, 11) is 0. The molecule has 1 aliphatic heterocycles. The van der Waals surface area contributed by atoms with Crippen LogP contribution in [0.2, 0.25) is 5.02 Å². The molecule has 35 heavy (non-hydrogen) atoms. The molecular formula is C29H24ClNO4. The van der Waals surface area contributed by atoms with Gasteiger partial charge in [0, 0.05) is 11.6 Å². The number of nitrogens with zero attached hydrogens (tertiary/aromatic N) is 1. The molecule has 3 aromatic carbocycles. The molecule has 1 aromatic heterocycles. The molecule has 0 bridgehead atoms. The van der Waals surface area contributed by atoms with Crippen LogP contribution in [0.1, 0.15) is 44.4 Å². The Morgan fingerprint density at radius 1 is 1.09 bits per heavy atom. The van der Waals surface area contributed by atoms with E-state index >= 15 is 0 Å². The van der Waals surface area contributed by atoms with E-state index in [-0.39, 0.29) is 23.6 Å². The van der Waals surface area contributed by atoms with Crippen molar-refractivity contribution >= 4 is 28.5 Å². The zero-order chi connectivity index (χ0) is 24.7. The van der Waals surface area contributed by atoms with Crippen molar-refractivity contribution in [1.82, 2.24) is 4.90 Å². The van der Waals surface area contributed by atoms with E-state index in [1.165, 1.54) is 0 Å². The second kappa shape index (κ2) is 9.08. The molecule has 1 amide bonds.